The van der Waals surface area contributed by atoms with E-state index in [1.807, 2.05) is 21.0 Å². The van der Waals surface area contributed by atoms with Crippen LogP contribution in [0.3, 0.4) is 0 Å². The second kappa shape index (κ2) is 4.18. The number of hydrogen-bond acceptors (Lipinski definition) is 5. The van der Waals surface area contributed by atoms with Gasteiger partial charge in [0.25, 0.3) is 0 Å². The van der Waals surface area contributed by atoms with E-state index in [4.69, 9.17) is 4.42 Å². The van der Waals surface area contributed by atoms with Gasteiger partial charge in [-0.25, -0.2) is 0 Å². The van der Waals surface area contributed by atoms with E-state index in [-0.39, 0.29) is 6.04 Å². The molecule has 0 aliphatic heterocycles. The minimum absolute atomic E-state index is 0.112. The fourth-order valence-electron chi connectivity index (χ4n) is 1.60. The normalized spacial score (nSPS) is 18.6. The average Bonchev–Trinajstić information content (AvgIpc) is 2.62. The molecule has 5 nitrogen and oxygen atoms in total. The van der Waals surface area contributed by atoms with Crippen LogP contribution in [-0.2, 0) is 0 Å². The second-order valence-corrected chi connectivity index (χ2v) is 4.13. The van der Waals surface area contributed by atoms with Crippen molar-refractivity contribution in [1.29, 1.82) is 0 Å². The zero-order valence-corrected chi connectivity index (χ0v) is 9.53. The summed E-state index contributed by atoms with van der Waals surface area (Å²) in [6.45, 7) is 2.00. The Hall–Kier alpha value is -1.10. The van der Waals surface area contributed by atoms with Crippen LogP contribution in [0.1, 0.15) is 38.1 Å². The van der Waals surface area contributed by atoms with Gasteiger partial charge in [0.2, 0.25) is 5.89 Å². The first kappa shape index (κ1) is 10.4. The van der Waals surface area contributed by atoms with Crippen molar-refractivity contribution < 1.29 is 4.42 Å². The first-order valence-corrected chi connectivity index (χ1v) is 5.46. The number of anilines is 1. The summed E-state index contributed by atoms with van der Waals surface area (Å²) in [4.78, 5) is 2.09. The third kappa shape index (κ3) is 1.97. The van der Waals surface area contributed by atoms with Gasteiger partial charge in [0.05, 0.1) is 6.04 Å². The molecule has 0 saturated heterocycles. The first-order valence-electron chi connectivity index (χ1n) is 5.46. The van der Waals surface area contributed by atoms with Gasteiger partial charge in [-0.05, 0) is 33.2 Å². The lowest BCUT2D eigenvalue weighted by Gasteiger charge is -2.33. The molecule has 2 rings (SSSR count). The molecule has 0 spiro atoms. The molecule has 1 aromatic heterocycles. The molecule has 1 aliphatic rings. The molecule has 1 heterocycles. The maximum Gasteiger partial charge on any atom is 0.318 e. The first-order chi connectivity index (χ1) is 7.22. The van der Waals surface area contributed by atoms with Crippen LogP contribution in [0.15, 0.2) is 4.42 Å². The molecular formula is C10H18N4O. The molecular weight excluding hydrogens is 192 g/mol. The molecule has 0 bridgehead atoms. The molecule has 1 N–H and O–H groups in total. The molecule has 1 aliphatic carbocycles. The Morgan fingerprint density at radius 3 is 2.73 bits per heavy atom. The summed E-state index contributed by atoms with van der Waals surface area (Å²) in [5.41, 5.74) is 0. The summed E-state index contributed by atoms with van der Waals surface area (Å²) in [5, 5.41) is 11.2. The van der Waals surface area contributed by atoms with Crippen molar-refractivity contribution in [2.75, 3.05) is 19.0 Å². The summed E-state index contributed by atoms with van der Waals surface area (Å²) in [5.74, 6) is 0.652. The molecule has 1 fully saturated rings. The molecule has 1 unspecified atom stereocenters. The molecule has 0 aromatic carbocycles. The Bertz CT molecular complexity index is 321. The van der Waals surface area contributed by atoms with Gasteiger partial charge in [-0.15, -0.1) is 5.10 Å². The van der Waals surface area contributed by atoms with Gasteiger partial charge in [-0.1, -0.05) is 5.10 Å². The van der Waals surface area contributed by atoms with Crippen molar-refractivity contribution >= 4 is 6.01 Å². The predicted molar refractivity (Wildman–Crippen MR) is 57.8 cm³/mol. The topological polar surface area (TPSA) is 54.2 Å². The molecule has 0 radical (unpaired) electrons. The monoisotopic (exact) mass is 210 g/mol. The number of nitrogens with one attached hydrogen (secondary N) is 1. The Morgan fingerprint density at radius 1 is 1.47 bits per heavy atom. The number of nitrogens with zero attached hydrogens (tertiary/aromatic N) is 3. The van der Waals surface area contributed by atoms with Crippen LogP contribution in [0.4, 0.5) is 6.01 Å². The fourth-order valence-corrected chi connectivity index (χ4v) is 1.60. The van der Waals surface area contributed by atoms with Gasteiger partial charge in [-0.2, -0.15) is 0 Å². The Balaban J connectivity index is 2.05. The molecule has 1 atom stereocenters. The van der Waals surface area contributed by atoms with E-state index in [2.05, 4.69) is 20.4 Å². The maximum atomic E-state index is 5.60. The smallest absolute Gasteiger partial charge is 0.318 e. The molecule has 1 saturated carbocycles. The van der Waals surface area contributed by atoms with E-state index in [0.717, 1.165) is 0 Å². The van der Waals surface area contributed by atoms with Crippen LogP contribution in [0.2, 0.25) is 0 Å². The van der Waals surface area contributed by atoms with Crippen molar-refractivity contribution in [3.05, 3.63) is 5.89 Å². The van der Waals surface area contributed by atoms with Crippen LogP contribution >= 0.6 is 0 Å². The van der Waals surface area contributed by atoms with Crippen LogP contribution in [0, 0.1) is 0 Å². The molecule has 5 heteroatoms. The highest BCUT2D eigenvalue weighted by Gasteiger charge is 2.26. The van der Waals surface area contributed by atoms with Gasteiger partial charge in [0.15, 0.2) is 0 Å². The van der Waals surface area contributed by atoms with Crippen LogP contribution in [0.5, 0.6) is 0 Å². The fraction of sp³-hybridized carbons (Fsp3) is 0.800. The summed E-state index contributed by atoms with van der Waals surface area (Å²) < 4.78 is 5.60. The highest BCUT2D eigenvalue weighted by Crippen LogP contribution is 2.27. The minimum Gasteiger partial charge on any atom is -0.406 e. The van der Waals surface area contributed by atoms with Gasteiger partial charge < -0.3 is 14.6 Å². The lowest BCUT2D eigenvalue weighted by molar-refractivity contribution is 0.366. The lowest BCUT2D eigenvalue weighted by atomic mass is 9.92. The quantitative estimate of drug-likeness (QED) is 0.812. The third-order valence-electron chi connectivity index (χ3n) is 3.16. The zero-order chi connectivity index (χ0) is 10.8. The largest absolute Gasteiger partial charge is 0.406 e. The van der Waals surface area contributed by atoms with E-state index < -0.39 is 0 Å². The van der Waals surface area contributed by atoms with Gasteiger partial charge in [0.1, 0.15) is 0 Å². The summed E-state index contributed by atoms with van der Waals surface area (Å²) in [6, 6.07) is 1.33. The standard InChI is InChI=1S/C10H18N4O/c1-7(11-2)9-12-13-10(15-9)14(3)8-5-4-6-8/h7-8,11H,4-6H2,1-3H3. The SMILES string of the molecule is CNC(C)c1nnc(N(C)C2CCC2)o1. The maximum absolute atomic E-state index is 5.60. The van der Waals surface area contributed by atoms with E-state index in [0.29, 0.717) is 17.9 Å². The summed E-state index contributed by atoms with van der Waals surface area (Å²) in [7, 11) is 3.90. The van der Waals surface area contributed by atoms with E-state index >= 15 is 0 Å². The Kier molecular flexibility index (Phi) is 2.90. The number of aromatic nitrogens is 2. The number of rotatable bonds is 4. The Morgan fingerprint density at radius 2 is 2.20 bits per heavy atom. The van der Waals surface area contributed by atoms with Crippen molar-refractivity contribution in [2.24, 2.45) is 0 Å². The second-order valence-electron chi connectivity index (χ2n) is 4.13. The highest BCUT2D eigenvalue weighted by molar-refractivity contribution is 5.26. The van der Waals surface area contributed by atoms with E-state index in [9.17, 15) is 0 Å². The highest BCUT2D eigenvalue weighted by atomic mass is 16.4. The molecule has 1 aromatic rings. The van der Waals surface area contributed by atoms with Crippen molar-refractivity contribution in [3.63, 3.8) is 0 Å². The zero-order valence-electron chi connectivity index (χ0n) is 9.53. The molecule has 0 amide bonds. The van der Waals surface area contributed by atoms with Crippen LogP contribution < -0.4 is 10.2 Å². The van der Waals surface area contributed by atoms with E-state index in [1.54, 1.807) is 0 Å². The lowest BCUT2D eigenvalue weighted by Crippen LogP contribution is -2.37. The average molecular weight is 210 g/mol. The third-order valence-corrected chi connectivity index (χ3v) is 3.16. The summed E-state index contributed by atoms with van der Waals surface area (Å²) >= 11 is 0. The predicted octanol–water partition coefficient (Wildman–Crippen LogP) is 1.34. The van der Waals surface area contributed by atoms with Crippen LogP contribution in [-0.4, -0.2) is 30.3 Å². The Labute approximate surface area is 89.9 Å². The van der Waals surface area contributed by atoms with Gasteiger partial charge >= 0.3 is 6.01 Å². The van der Waals surface area contributed by atoms with Crippen molar-refractivity contribution in [2.45, 2.75) is 38.3 Å². The van der Waals surface area contributed by atoms with Crippen molar-refractivity contribution in [1.82, 2.24) is 15.5 Å². The van der Waals surface area contributed by atoms with Crippen LogP contribution in [0.25, 0.3) is 0 Å². The minimum atomic E-state index is 0.112. The van der Waals surface area contributed by atoms with Gasteiger partial charge in [0, 0.05) is 13.1 Å². The molecule has 15 heavy (non-hydrogen) atoms. The summed E-state index contributed by atoms with van der Waals surface area (Å²) in [6.07, 6.45) is 3.77. The van der Waals surface area contributed by atoms with Crippen molar-refractivity contribution in [3.8, 4) is 0 Å². The number of hydrogen-bond donors (Lipinski definition) is 1. The molecule has 84 valence electrons. The van der Waals surface area contributed by atoms with Gasteiger partial charge in [-0.3, -0.25) is 0 Å². The van der Waals surface area contributed by atoms with E-state index in [1.165, 1.54) is 19.3 Å².